The number of rotatable bonds is 3. The average molecular weight is 330 g/mol. The van der Waals surface area contributed by atoms with Crippen molar-refractivity contribution in [2.45, 2.75) is 6.10 Å². The molecular weight excluding hydrogens is 318 g/mol. The first-order valence-corrected chi connectivity index (χ1v) is 7.29. The number of halogens is 1. The molecule has 116 valence electrons. The Kier molecular flexibility index (Phi) is 4.12. The van der Waals surface area contributed by atoms with Crippen molar-refractivity contribution in [2.75, 3.05) is 5.32 Å². The second kappa shape index (κ2) is 6.22. The molecule has 1 aliphatic rings. The lowest BCUT2D eigenvalue weighted by atomic mass is 9.98. The average Bonchev–Trinajstić information content (AvgIpc) is 2.85. The van der Waals surface area contributed by atoms with Gasteiger partial charge in [-0.05, 0) is 24.3 Å². The van der Waals surface area contributed by atoms with E-state index in [1.165, 1.54) is 0 Å². The molecule has 0 radical (unpaired) electrons. The van der Waals surface area contributed by atoms with Crippen LogP contribution in [0.2, 0.25) is 5.02 Å². The van der Waals surface area contributed by atoms with E-state index < -0.39 is 29.7 Å². The van der Waals surface area contributed by atoms with E-state index in [1.54, 1.807) is 54.6 Å². The Morgan fingerprint density at radius 1 is 1.00 bits per heavy atom. The topological polar surface area (TPSA) is 72.5 Å². The Hall–Kier alpha value is -2.66. The number of Topliss-reactive ketones (excluding diaryl/α,β-unsaturated/α-hetero) is 1. The Morgan fingerprint density at radius 3 is 2.30 bits per heavy atom. The highest BCUT2D eigenvalue weighted by Gasteiger charge is 2.48. The second-order valence-corrected chi connectivity index (χ2v) is 5.50. The number of benzene rings is 2. The molecule has 0 bridgehead atoms. The summed E-state index contributed by atoms with van der Waals surface area (Å²) in [6, 6.07) is 15.0. The lowest BCUT2D eigenvalue weighted by Crippen LogP contribution is -2.31. The summed E-state index contributed by atoms with van der Waals surface area (Å²) < 4.78 is 5.08. The quantitative estimate of drug-likeness (QED) is 0.694. The largest absolute Gasteiger partial charge is 0.448 e. The van der Waals surface area contributed by atoms with E-state index in [0.29, 0.717) is 16.3 Å². The molecule has 0 spiro atoms. The summed E-state index contributed by atoms with van der Waals surface area (Å²) in [7, 11) is 0. The lowest BCUT2D eigenvalue weighted by Gasteiger charge is -2.08. The van der Waals surface area contributed by atoms with Crippen molar-refractivity contribution in [1.29, 1.82) is 0 Å². The van der Waals surface area contributed by atoms with Gasteiger partial charge in [-0.1, -0.05) is 41.9 Å². The highest BCUT2D eigenvalue weighted by atomic mass is 35.5. The van der Waals surface area contributed by atoms with Crippen LogP contribution in [0.15, 0.2) is 54.6 Å². The van der Waals surface area contributed by atoms with Crippen molar-refractivity contribution >= 4 is 34.9 Å². The number of cyclic esters (lactones) is 1. The monoisotopic (exact) mass is 329 g/mol. The maximum atomic E-state index is 12.4. The molecule has 2 aromatic rings. The van der Waals surface area contributed by atoms with Crippen LogP contribution in [0, 0.1) is 5.92 Å². The third-order valence-electron chi connectivity index (χ3n) is 3.49. The zero-order valence-corrected chi connectivity index (χ0v) is 12.6. The molecule has 0 aromatic heterocycles. The van der Waals surface area contributed by atoms with Crippen LogP contribution in [0.5, 0.6) is 0 Å². The van der Waals surface area contributed by atoms with Gasteiger partial charge in [0.2, 0.25) is 11.7 Å². The van der Waals surface area contributed by atoms with Gasteiger partial charge in [-0.3, -0.25) is 14.4 Å². The van der Waals surface area contributed by atoms with Gasteiger partial charge in [0.05, 0.1) is 0 Å². The molecule has 0 saturated carbocycles. The van der Waals surface area contributed by atoms with Crippen LogP contribution < -0.4 is 5.32 Å². The summed E-state index contributed by atoms with van der Waals surface area (Å²) in [6.07, 6.45) is -1.04. The van der Waals surface area contributed by atoms with Gasteiger partial charge in [-0.25, -0.2) is 0 Å². The van der Waals surface area contributed by atoms with Crippen LogP contribution in [0.25, 0.3) is 0 Å². The molecule has 1 N–H and O–H groups in total. The van der Waals surface area contributed by atoms with Crippen LogP contribution in [-0.2, 0) is 19.1 Å². The van der Waals surface area contributed by atoms with E-state index in [-0.39, 0.29) is 0 Å². The van der Waals surface area contributed by atoms with Crippen LogP contribution in [0.1, 0.15) is 11.7 Å². The van der Waals surface area contributed by atoms with Crippen LogP contribution >= 0.6 is 11.6 Å². The summed E-state index contributed by atoms with van der Waals surface area (Å²) in [4.78, 5) is 36.5. The van der Waals surface area contributed by atoms with Gasteiger partial charge in [-0.15, -0.1) is 0 Å². The molecular formula is C17H12ClNO4. The minimum atomic E-state index is -1.46. The molecule has 2 unspecified atom stereocenters. The number of amides is 1. The van der Waals surface area contributed by atoms with Gasteiger partial charge < -0.3 is 10.1 Å². The highest BCUT2D eigenvalue weighted by molar-refractivity contribution is 6.30. The van der Waals surface area contributed by atoms with E-state index in [2.05, 4.69) is 5.32 Å². The number of hydrogen-bond donors (Lipinski definition) is 1. The number of ether oxygens (including phenoxy) is 1. The fraction of sp³-hybridized carbons (Fsp3) is 0.118. The standard InChI is InChI=1S/C17H12ClNO4/c18-11-6-8-12(9-7-11)19-16(21)13-14(20)15(23-17(13)22)10-4-2-1-3-5-10/h1-9,13,15H,(H,19,21). The first-order chi connectivity index (χ1) is 11.1. The molecule has 1 amide bonds. The lowest BCUT2D eigenvalue weighted by molar-refractivity contribution is -0.146. The van der Waals surface area contributed by atoms with E-state index >= 15 is 0 Å². The van der Waals surface area contributed by atoms with Crippen LogP contribution in [0.4, 0.5) is 5.69 Å². The Balaban J connectivity index is 1.77. The van der Waals surface area contributed by atoms with Crippen molar-refractivity contribution in [3.05, 3.63) is 65.2 Å². The summed E-state index contributed by atoms with van der Waals surface area (Å²) in [5.74, 6) is -3.57. The molecule has 1 fully saturated rings. The highest BCUT2D eigenvalue weighted by Crippen LogP contribution is 2.31. The fourth-order valence-corrected chi connectivity index (χ4v) is 2.48. The van der Waals surface area contributed by atoms with Crippen molar-refractivity contribution < 1.29 is 19.1 Å². The van der Waals surface area contributed by atoms with Crippen molar-refractivity contribution in [1.82, 2.24) is 0 Å². The number of anilines is 1. The van der Waals surface area contributed by atoms with E-state index in [1.807, 2.05) is 0 Å². The normalized spacial score (nSPS) is 20.2. The zero-order chi connectivity index (χ0) is 16.4. The Bertz CT molecular complexity index is 758. The zero-order valence-electron chi connectivity index (χ0n) is 11.9. The Labute approximate surface area is 137 Å². The third-order valence-corrected chi connectivity index (χ3v) is 3.74. The van der Waals surface area contributed by atoms with E-state index in [9.17, 15) is 14.4 Å². The van der Waals surface area contributed by atoms with Crippen LogP contribution in [-0.4, -0.2) is 17.7 Å². The first-order valence-electron chi connectivity index (χ1n) is 6.92. The second-order valence-electron chi connectivity index (χ2n) is 5.06. The molecule has 2 atom stereocenters. The third kappa shape index (κ3) is 3.10. The number of hydrogen-bond acceptors (Lipinski definition) is 4. The summed E-state index contributed by atoms with van der Waals surface area (Å²) in [5.41, 5.74) is 0.996. The van der Waals surface area contributed by atoms with Crippen molar-refractivity contribution in [3.8, 4) is 0 Å². The van der Waals surface area contributed by atoms with Crippen LogP contribution in [0.3, 0.4) is 0 Å². The van der Waals surface area contributed by atoms with Gasteiger partial charge >= 0.3 is 5.97 Å². The predicted octanol–water partition coefficient (Wildman–Crippen LogP) is 2.76. The number of ketones is 1. The molecule has 23 heavy (non-hydrogen) atoms. The number of carbonyl (C=O) groups is 3. The molecule has 6 heteroatoms. The van der Waals surface area contributed by atoms with Crippen molar-refractivity contribution in [3.63, 3.8) is 0 Å². The minimum absolute atomic E-state index is 0.447. The van der Waals surface area contributed by atoms with Gasteiger partial charge in [0.1, 0.15) is 0 Å². The minimum Gasteiger partial charge on any atom is -0.448 e. The first kappa shape index (κ1) is 15.2. The number of carbonyl (C=O) groups excluding carboxylic acids is 3. The molecule has 3 rings (SSSR count). The van der Waals surface area contributed by atoms with E-state index in [4.69, 9.17) is 16.3 Å². The van der Waals surface area contributed by atoms with Crippen molar-refractivity contribution in [2.24, 2.45) is 5.92 Å². The molecule has 1 heterocycles. The summed E-state index contributed by atoms with van der Waals surface area (Å²) >= 11 is 5.77. The maximum absolute atomic E-state index is 12.4. The SMILES string of the molecule is O=C(Nc1ccc(Cl)cc1)C1C(=O)OC(c2ccccc2)C1=O. The molecule has 1 aliphatic heterocycles. The summed E-state index contributed by atoms with van der Waals surface area (Å²) in [5, 5.41) is 3.04. The smallest absolute Gasteiger partial charge is 0.327 e. The Morgan fingerprint density at radius 2 is 1.65 bits per heavy atom. The van der Waals surface area contributed by atoms with E-state index in [0.717, 1.165) is 0 Å². The molecule has 5 nitrogen and oxygen atoms in total. The number of esters is 1. The molecule has 0 aliphatic carbocycles. The predicted molar refractivity (Wildman–Crippen MR) is 83.9 cm³/mol. The summed E-state index contributed by atoms with van der Waals surface area (Å²) in [6.45, 7) is 0. The maximum Gasteiger partial charge on any atom is 0.327 e. The van der Waals surface area contributed by atoms with Gasteiger partial charge in [0, 0.05) is 16.3 Å². The van der Waals surface area contributed by atoms with Gasteiger partial charge in [0.25, 0.3) is 0 Å². The fourth-order valence-electron chi connectivity index (χ4n) is 2.35. The van der Waals surface area contributed by atoms with Gasteiger partial charge in [0.15, 0.2) is 12.0 Å². The number of nitrogens with one attached hydrogen (secondary N) is 1. The molecule has 2 aromatic carbocycles. The molecule has 1 saturated heterocycles. The van der Waals surface area contributed by atoms with Gasteiger partial charge in [-0.2, -0.15) is 0 Å².